The minimum absolute atomic E-state index is 0.316. The van der Waals surface area contributed by atoms with Crippen LogP contribution < -0.4 is 5.32 Å². The fraction of sp³-hybridized carbons (Fsp3) is 0.455. The Kier molecular flexibility index (Phi) is 3.08. The first-order valence-corrected chi connectivity index (χ1v) is 5.78. The van der Waals surface area contributed by atoms with Crippen LogP contribution in [0.1, 0.15) is 30.9 Å². The lowest BCUT2D eigenvalue weighted by atomic mass is 9.97. The van der Waals surface area contributed by atoms with Gasteiger partial charge >= 0.3 is 0 Å². The lowest BCUT2D eigenvalue weighted by molar-refractivity contribution is 0.410. The van der Waals surface area contributed by atoms with Crippen LogP contribution in [0.25, 0.3) is 0 Å². The topological polar surface area (TPSA) is 32.3 Å². The van der Waals surface area contributed by atoms with Gasteiger partial charge in [-0.1, -0.05) is 28.4 Å². The van der Waals surface area contributed by atoms with Crippen molar-refractivity contribution in [2.24, 2.45) is 0 Å². The molecule has 1 atom stereocenters. The van der Waals surface area contributed by atoms with Gasteiger partial charge < -0.3 is 10.4 Å². The Morgan fingerprint density at radius 3 is 2.86 bits per heavy atom. The van der Waals surface area contributed by atoms with Crippen molar-refractivity contribution in [1.29, 1.82) is 0 Å². The zero-order valence-corrected chi connectivity index (χ0v) is 9.55. The summed E-state index contributed by atoms with van der Waals surface area (Å²) in [5.74, 6) is 0.316. The lowest BCUT2D eigenvalue weighted by Gasteiger charge is -2.24. The first-order valence-electron chi connectivity index (χ1n) is 4.99. The highest BCUT2D eigenvalue weighted by Crippen LogP contribution is 2.31. The fourth-order valence-electron chi connectivity index (χ4n) is 1.92. The molecule has 1 aromatic carbocycles. The first-order chi connectivity index (χ1) is 6.77. The molecule has 14 heavy (non-hydrogen) atoms. The highest BCUT2D eigenvalue weighted by Gasteiger charge is 2.16. The molecule has 1 aromatic rings. The van der Waals surface area contributed by atoms with Gasteiger partial charge in [-0.2, -0.15) is 0 Å². The van der Waals surface area contributed by atoms with Gasteiger partial charge in [0.15, 0.2) is 0 Å². The van der Waals surface area contributed by atoms with Crippen LogP contribution in [0.5, 0.6) is 5.75 Å². The quantitative estimate of drug-likeness (QED) is 0.809. The molecule has 0 saturated carbocycles. The van der Waals surface area contributed by atoms with E-state index in [1.54, 1.807) is 12.1 Å². The summed E-state index contributed by atoms with van der Waals surface area (Å²) in [4.78, 5) is 0. The molecule has 1 saturated heterocycles. The molecule has 2 N–H and O–H groups in total. The first kappa shape index (κ1) is 9.99. The van der Waals surface area contributed by atoms with Gasteiger partial charge in [-0.25, -0.2) is 0 Å². The maximum atomic E-state index is 9.29. The number of rotatable bonds is 1. The SMILES string of the molecule is Oc1ccc(C2CCCCN2)c(Br)c1. The Hall–Kier alpha value is -0.540. The van der Waals surface area contributed by atoms with Crippen LogP contribution >= 0.6 is 15.9 Å². The molecular formula is C11H14BrNO. The van der Waals surface area contributed by atoms with Gasteiger partial charge in [0, 0.05) is 10.5 Å². The molecule has 0 bridgehead atoms. The number of phenolic OH excluding ortho intramolecular Hbond substituents is 1. The third-order valence-corrected chi connectivity index (χ3v) is 3.36. The second-order valence-electron chi connectivity index (χ2n) is 3.71. The van der Waals surface area contributed by atoms with E-state index in [4.69, 9.17) is 0 Å². The van der Waals surface area contributed by atoms with Gasteiger partial charge in [-0.05, 0) is 37.1 Å². The summed E-state index contributed by atoms with van der Waals surface area (Å²) in [6, 6.07) is 5.93. The number of aromatic hydroxyl groups is 1. The van der Waals surface area contributed by atoms with E-state index in [9.17, 15) is 5.11 Å². The number of piperidine rings is 1. The standard InChI is InChI=1S/C11H14BrNO/c12-10-7-8(14)4-5-9(10)11-3-1-2-6-13-11/h4-5,7,11,13-14H,1-3,6H2. The van der Waals surface area contributed by atoms with Gasteiger partial charge in [0.25, 0.3) is 0 Å². The van der Waals surface area contributed by atoms with Crippen LogP contribution in [0, 0.1) is 0 Å². The third kappa shape index (κ3) is 2.10. The predicted molar refractivity (Wildman–Crippen MR) is 60.4 cm³/mol. The minimum atomic E-state index is 0.316. The molecule has 0 aromatic heterocycles. The largest absolute Gasteiger partial charge is 0.508 e. The Bertz CT molecular complexity index is 321. The fourth-order valence-corrected chi connectivity index (χ4v) is 2.56. The second kappa shape index (κ2) is 4.32. The molecule has 76 valence electrons. The van der Waals surface area contributed by atoms with Gasteiger partial charge in [-0.15, -0.1) is 0 Å². The lowest BCUT2D eigenvalue weighted by Crippen LogP contribution is -2.26. The van der Waals surface area contributed by atoms with E-state index in [2.05, 4.69) is 21.2 Å². The van der Waals surface area contributed by atoms with Crippen molar-refractivity contribution in [1.82, 2.24) is 5.32 Å². The van der Waals surface area contributed by atoms with Crippen molar-refractivity contribution in [3.8, 4) is 5.75 Å². The summed E-state index contributed by atoms with van der Waals surface area (Å²) in [6.45, 7) is 1.10. The average molecular weight is 256 g/mol. The number of nitrogens with one attached hydrogen (secondary N) is 1. The Balaban J connectivity index is 2.22. The number of halogens is 1. The summed E-state index contributed by atoms with van der Waals surface area (Å²) < 4.78 is 0.997. The van der Waals surface area contributed by atoms with Gasteiger partial charge in [0.1, 0.15) is 5.75 Å². The number of benzene rings is 1. The monoisotopic (exact) mass is 255 g/mol. The molecule has 1 fully saturated rings. The Labute approximate surface area is 92.5 Å². The van der Waals surface area contributed by atoms with Crippen molar-refractivity contribution in [2.45, 2.75) is 25.3 Å². The zero-order chi connectivity index (χ0) is 9.97. The van der Waals surface area contributed by atoms with E-state index in [1.165, 1.54) is 24.8 Å². The number of hydrogen-bond acceptors (Lipinski definition) is 2. The highest BCUT2D eigenvalue weighted by molar-refractivity contribution is 9.10. The highest BCUT2D eigenvalue weighted by atomic mass is 79.9. The van der Waals surface area contributed by atoms with E-state index in [1.807, 2.05) is 6.07 Å². The summed E-state index contributed by atoms with van der Waals surface area (Å²) in [7, 11) is 0. The van der Waals surface area contributed by atoms with Crippen LogP contribution in [0.4, 0.5) is 0 Å². The maximum Gasteiger partial charge on any atom is 0.116 e. The molecule has 1 aliphatic heterocycles. The maximum absolute atomic E-state index is 9.29. The molecule has 2 nitrogen and oxygen atoms in total. The normalized spacial score (nSPS) is 22.2. The average Bonchev–Trinajstić information content (AvgIpc) is 2.19. The van der Waals surface area contributed by atoms with Crippen LogP contribution in [-0.2, 0) is 0 Å². The van der Waals surface area contributed by atoms with E-state index in [0.29, 0.717) is 11.8 Å². The summed E-state index contributed by atoms with van der Waals surface area (Å²) >= 11 is 3.48. The van der Waals surface area contributed by atoms with E-state index in [-0.39, 0.29) is 0 Å². The molecule has 3 heteroatoms. The van der Waals surface area contributed by atoms with Crippen molar-refractivity contribution < 1.29 is 5.11 Å². The van der Waals surface area contributed by atoms with Crippen molar-refractivity contribution in [2.75, 3.05) is 6.54 Å². The molecule has 2 rings (SSSR count). The number of phenols is 1. The molecule has 1 aliphatic rings. The van der Waals surface area contributed by atoms with E-state index in [0.717, 1.165) is 11.0 Å². The van der Waals surface area contributed by atoms with Crippen LogP contribution in [0.2, 0.25) is 0 Å². The van der Waals surface area contributed by atoms with Gasteiger partial charge in [0.05, 0.1) is 0 Å². The molecule has 0 spiro atoms. The van der Waals surface area contributed by atoms with Crippen LogP contribution in [-0.4, -0.2) is 11.7 Å². The molecule has 0 aliphatic carbocycles. The van der Waals surface area contributed by atoms with Crippen molar-refractivity contribution in [3.63, 3.8) is 0 Å². The Morgan fingerprint density at radius 2 is 2.21 bits per heavy atom. The zero-order valence-electron chi connectivity index (χ0n) is 7.96. The van der Waals surface area contributed by atoms with E-state index < -0.39 is 0 Å². The van der Waals surface area contributed by atoms with Gasteiger partial charge in [-0.3, -0.25) is 0 Å². The van der Waals surface area contributed by atoms with E-state index >= 15 is 0 Å². The van der Waals surface area contributed by atoms with Crippen LogP contribution in [0.3, 0.4) is 0 Å². The third-order valence-electron chi connectivity index (χ3n) is 2.67. The molecular weight excluding hydrogens is 242 g/mol. The molecule has 1 unspecified atom stereocenters. The Morgan fingerprint density at radius 1 is 1.36 bits per heavy atom. The predicted octanol–water partition coefficient (Wildman–Crippen LogP) is 2.97. The van der Waals surface area contributed by atoms with Crippen LogP contribution in [0.15, 0.2) is 22.7 Å². The minimum Gasteiger partial charge on any atom is -0.508 e. The molecule has 1 heterocycles. The molecule has 0 radical (unpaired) electrons. The van der Waals surface area contributed by atoms with Crippen molar-refractivity contribution >= 4 is 15.9 Å². The second-order valence-corrected chi connectivity index (χ2v) is 4.56. The summed E-state index contributed by atoms with van der Waals surface area (Å²) in [5.41, 5.74) is 1.25. The summed E-state index contributed by atoms with van der Waals surface area (Å²) in [6.07, 6.45) is 3.74. The molecule has 0 amide bonds. The van der Waals surface area contributed by atoms with Gasteiger partial charge in [0.2, 0.25) is 0 Å². The van der Waals surface area contributed by atoms with Crippen molar-refractivity contribution in [3.05, 3.63) is 28.2 Å². The smallest absolute Gasteiger partial charge is 0.116 e. The number of hydrogen-bond donors (Lipinski definition) is 2. The summed E-state index contributed by atoms with van der Waals surface area (Å²) in [5, 5.41) is 12.8.